The van der Waals surface area contributed by atoms with Gasteiger partial charge in [-0.3, -0.25) is 0 Å². The van der Waals surface area contributed by atoms with E-state index in [2.05, 4.69) is 217 Å². The molecule has 1 aliphatic rings. The minimum atomic E-state index is -0.0913. The lowest BCUT2D eigenvalue weighted by Gasteiger charge is -2.28. The fourth-order valence-corrected chi connectivity index (χ4v) is 10.3. The average Bonchev–Trinajstić information content (AvgIpc) is 3.86. The largest absolute Gasteiger partial charge is 0.310 e. The van der Waals surface area contributed by atoms with Crippen LogP contribution < -0.4 is 4.90 Å². The molecule has 0 aliphatic heterocycles. The van der Waals surface area contributed by atoms with Gasteiger partial charge in [-0.2, -0.15) is 0 Å². The molecule has 10 aromatic rings. The molecule has 0 spiro atoms. The number of benzene rings is 8. The molecule has 0 amide bonds. The summed E-state index contributed by atoms with van der Waals surface area (Å²) in [5.41, 5.74) is 16.0. The molecule has 0 unspecified atom stereocenters. The van der Waals surface area contributed by atoms with Crippen LogP contribution in [0.3, 0.4) is 0 Å². The molecule has 11 rings (SSSR count). The Balaban J connectivity index is 1.03. The summed E-state index contributed by atoms with van der Waals surface area (Å²) >= 11 is 1.87. The van der Waals surface area contributed by atoms with Crippen molar-refractivity contribution < 1.29 is 0 Å². The SMILES string of the molecule is CC1(C)c2ccccc2-c2ccc(N(c3ccc(-c4ccccc4)cc3)c3ccc(-c4ccc5c(c4)c4c6ccccc6sc4n5-c4ccccc4)cc3)cc21. The molecule has 1 aliphatic carbocycles. The maximum atomic E-state index is 2.43. The van der Waals surface area contributed by atoms with Crippen LogP contribution >= 0.6 is 11.3 Å². The Bertz CT molecular complexity index is 3080. The van der Waals surface area contributed by atoms with Crippen LogP contribution in [0.25, 0.3) is 70.3 Å². The Hall–Kier alpha value is -6.68. The molecule has 0 atom stereocenters. The molecule has 2 heterocycles. The van der Waals surface area contributed by atoms with Gasteiger partial charge in [-0.25, -0.2) is 0 Å². The van der Waals surface area contributed by atoms with E-state index in [1.807, 2.05) is 11.3 Å². The van der Waals surface area contributed by atoms with Crippen molar-refractivity contribution in [2.24, 2.45) is 0 Å². The predicted molar refractivity (Wildman–Crippen MR) is 239 cm³/mol. The van der Waals surface area contributed by atoms with E-state index in [4.69, 9.17) is 0 Å². The highest BCUT2D eigenvalue weighted by Gasteiger charge is 2.35. The van der Waals surface area contributed by atoms with Gasteiger partial charge >= 0.3 is 0 Å². The van der Waals surface area contributed by atoms with E-state index in [9.17, 15) is 0 Å². The van der Waals surface area contributed by atoms with Crippen LogP contribution in [0.5, 0.6) is 0 Å². The molecule has 2 nitrogen and oxygen atoms in total. The van der Waals surface area contributed by atoms with Gasteiger partial charge in [0.1, 0.15) is 4.83 Å². The summed E-state index contributed by atoms with van der Waals surface area (Å²) in [5, 5.41) is 3.92. The van der Waals surface area contributed by atoms with Crippen molar-refractivity contribution in [3.8, 4) is 39.1 Å². The third-order valence-corrected chi connectivity index (χ3v) is 13.0. The van der Waals surface area contributed by atoms with Crippen LogP contribution in [-0.4, -0.2) is 4.57 Å². The summed E-state index contributed by atoms with van der Waals surface area (Å²) in [6, 6.07) is 71.2. The fraction of sp³-hybridized carbons (Fsp3) is 0.0566. The first-order valence-electron chi connectivity index (χ1n) is 19.3. The molecular formula is C53H38N2S. The zero-order valence-corrected chi connectivity index (χ0v) is 32.1. The molecular weight excluding hydrogens is 697 g/mol. The van der Waals surface area contributed by atoms with E-state index in [0.29, 0.717) is 0 Å². The monoisotopic (exact) mass is 734 g/mol. The third-order valence-electron chi connectivity index (χ3n) is 11.8. The zero-order chi connectivity index (χ0) is 37.4. The fourth-order valence-electron chi connectivity index (χ4n) is 9.02. The van der Waals surface area contributed by atoms with Gasteiger partial charge in [0.2, 0.25) is 0 Å². The molecule has 56 heavy (non-hydrogen) atoms. The van der Waals surface area contributed by atoms with Crippen molar-refractivity contribution in [1.82, 2.24) is 4.57 Å². The molecule has 266 valence electrons. The van der Waals surface area contributed by atoms with Crippen LogP contribution in [0, 0.1) is 0 Å². The number of anilines is 3. The topological polar surface area (TPSA) is 8.17 Å². The third kappa shape index (κ3) is 5.08. The molecule has 0 radical (unpaired) electrons. The van der Waals surface area contributed by atoms with Crippen molar-refractivity contribution in [3.63, 3.8) is 0 Å². The number of para-hydroxylation sites is 1. The van der Waals surface area contributed by atoms with Crippen LogP contribution in [0.4, 0.5) is 17.1 Å². The van der Waals surface area contributed by atoms with Gasteiger partial charge in [0.05, 0.1) is 5.52 Å². The van der Waals surface area contributed by atoms with Crippen molar-refractivity contribution in [1.29, 1.82) is 0 Å². The smallest absolute Gasteiger partial charge is 0.109 e. The van der Waals surface area contributed by atoms with Gasteiger partial charge in [0.15, 0.2) is 0 Å². The van der Waals surface area contributed by atoms with Crippen LogP contribution in [0.2, 0.25) is 0 Å². The molecule has 0 saturated carbocycles. The van der Waals surface area contributed by atoms with E-state index < -0.39 is 0 Å². The van der Waals surface area contributed by atoms with Gasteiger partial charge in [-0.1, -0.05) is 141 Å². The lowest BCUT2D eigenvalue weighted by molar-refractivity contribution is 0.660. The summed E-state index contributed by atoms with van der Waals surface area (Å²) in [7, 11) is 0. The standard InChI is InChI=1S/C53H38N2S/c1-53(2)47-19-11-9-17-43(47)44-31-30-42(34-48(44)53)54(40-26-21-36(22-27-40)35-13-5-3-6-14-35)41-28-23-37(24-29-41)38-25-32-49-46(33-38)51-45-18-10-12-20-50(45)56-52(51)55(49)39-15-7-4-8-16-39/h3-34H,1-2H3. The first kappa shape index (κ1) is 32.7. The van der Waals surface area contributed by atoms with Crippen LogP contribution in [-0.2, 0) is 5.41 Å². The van der Waals surface area contributed by atoms with Gasteiger partial charge < -0.3 is 9.47 Å². The summed E-state index contributed by atoms with van der Waals surface area (Å²) in [4.78, 5) is 3.69. The van der Waals surface area contributed by atoms with Gasteiger partial charge in [-0.15, -0.1) is 11.3 Å². The second-order valence-electron chi connectivity index (χ2n) is 15.4. The van der Waals surface area contributed by atoms with E-state index in [-0.39, 0.29) is 5.41 Å². The summed E-state index contributed by atoms with van der Waals surface area (Å²) in [6.07, 6.45) is 0. The minimum Gasteiger partial charge on any atom is -0.310 e. The number of fused-ring (bicyclic) bond motifs is 8. The van der Waals surface area contributed by atoms with Crippen molar-refractivity contribution in [3.05, 3.63) is 205 Å². The quantitative estimate of drug-likeness (QED) is 0.165. The maximum Gasteiger partial charge on any atom is 0.109 e. The number of rotatable bonds is 6. The average molecular weight is 735 g/mol. The Morgan fingerprint density at radius 2 is 1.02 bits per heavy atom. The number of aromatic nitrogens is 1. The van der Waals surface area contributed by atoms with E-state index in [1.54, 1.807) is 0 Å². The van der Waals surface area contributed by atoms with Gasteiger partial charge in [0.25, 0.3) is 0 Å². The lowest BCUT2D eigenvalue weighted by Crippen LogP contribution is -2.16. The maximum absolute atomic E-state index is 2.43. The second kappa shape index (κ2) is 12.7. The van der Waals surface area contributed by atoms with Crippen molar-refractivity contribution in [2.75, 3.05) is 4.90 Å². The van der Waals surface area contributed by atoms with Crippen molar-refractivity contribution >= 4 is 59.6 Å². The number of hydrogen-bond donors (Lipinski definition) is 0. The number of nitrogens with zero attached hydrogens (tertiary/aromatic N) is 2. The summed E-state index contributed by atoms with van der Waals surface area (Å²) in [5.74, 6) is 0. The predicted octanol–water partition coefficient (Wildman–Crippen LogP) is 15.1. The molecule has 3 heteroatoms. The first-order valence-corrected chi connectivity index (χ1v) is 20.2. The minimum absolute atomic E-state index is 0.0913. The highest BCUT2D eigenvalue weighted by molar-refractivity contribution is 7.25. The van der Waals surface area contributed by atoms with E-state index in [1.165, 1.54) is 81.4 Å². The molecule has 2 aromatic heterocycles. The number of thiophene rings is 1. The zero-order valence-electron chi connectivity index (χ0n) is 31.3. The summed E-state index contributed by atoms with van der Waals surface area (Å²) in [6.45, 7) is 4.71. The van der Waals surface area contributed by atoms with Crippen LogP contribution in [0.1, 0.15) is 25.0 Å². The molecule has 0 fully saturated rings. The highest BCUT2D eigenvalue weighted by Crippen LogP contribution is 2.51. The molecule has 0 saturated heterocycles. The van der Waals surface area contributed by atoms with E-state index >= 15 is 0 Å². The highest BCUT2D eigenvalue weighted by atomic mass is 32.1. The molecule has 0 N–H and O–H groups in total. The normalized spacial score (nSPS) is 13.0. The van der Waals surface area contributed by atoms with E-state index in [0.717, 1.165) is 17.1 Å². The summed E-state index contributed by atoms with van der Waals surface area (Å²) < 4.78 is 3.74. The van der Waals surface area contributed by atoms with Crippen molar-refractivity contribution in [2.45, 2.75) is 19.3 Å². The number of hydrogen-bond acceptors (Lipinski definition) is 2. The van der Waals surface area contributed by atoms with Gasteiger partial charge in [0, 0.05) is 49.0 Å². The van der Waals surface area contributed by atoms with Crippen LogP contribution in [0.15, 0.2) is 194 Å². The first-order chi connectivity index (χ1) is 27.5. The Kier molecular flexibility index (Phi) is 7.42. The Morgan fingerprint density at radius 1 is 0.446 bits per heavy atom. The molecule has 0 bridgehead atoms. The Labute approximate surface area is 331 Å². The van der Waals surface area contributed by atoms with Gasteiger partial charge in [-0.05, 0) is 111 Å². The Morgan fingerprint density at radius 3 is 1.77 bits per heavy atom. The second-order valence-corrected chi connectivity index (χ2v) is 16.4. The lowest BCUT2D eigenvalue weighted by atomic mass is 9.82. The molecule has 8 aromatic carbocycles.